The van der Waals surface area contributed by atoms with Gasteiger partial charge in [0.1, 0.15) is 15.8 Å². The van der Waals surface area contributed by atoms with E-state index in [1.165, 1.54) is 11.5 Å². The maximum atomic E-state index is 6.08. The molecule has 0 saturated carbocycles. The first-order valence-corrected chi connectivity index (χ1v) is 8.34. The lowest BCUT2D eigenvalue weighted by Gasteiger charge is -2.38. The van der Waals surface area contributed by atoms with Crippen molar-refractivity contribution < 1.29 is 0 Å². The minimum Gasteiger partial charge on any atom is -0.382 e. The fourth-order valence-electron chi connectivity index (χ4n) is 2.41. The van der Waals surface area contributed by atoms with Crippen molar-refractivity contribution in [2.24, 2.45) is 0 Å². The van der Waals surface area contributed by atoms with Crippen LogP contribution in [0.3, 0.4) is 0 Å². The third-order valence-corrected chi connectivity index (χ3v) is 5.68. The van der Waals surface area contributed by atoms with Crippen LogP contribution in [-0.4, -0.2) is 47.0 Å². The van der Waals surface area contributed by atoms with E-state index in [4.69, 9.17) is 5.73 Å². The molecule has 0 bridgehead atoms. The van der Waals surface area contributed by atoms with E-state index >= 15 is 0 Å². The molecule has 0 aromatic carbocycles. The van der Waals surface area contributed by atoms with Crippen LogP contribution in [0.2, 0.25) is 0 Å². The Balaban J connectivity index is 1.95. The lowest BCUT2D eigenvalue weighted by Crippen LogP contribution is -2.50. The van der Waals surface area contributed by atoms with E-state index in [-0.39, 0.29) is 0 Å². The third-order valence-electron chi connectivity index (χ3n) is 3.78. The molecule has 1 saturated heterocycles. The van der Waals surface area contributed by atoms with E-state index in [1.54, 1.807) is 11.3 Å². The van der Waals surface area contributed by atoms with Gasteiger partial charge in [-0.25, -0.2) is 4.98 Å². The molecule has 1 unspecified atom stereocenters. The average molecular weight is 309 g/mol. The maximum Gasteiger partial charge on any atom is 0.149 e. The van der Waals surface area contributed by atoms with Crippen LogP contribution in [0.5, 0.6) is 0 Å². The molecule has 0 amide bonds. The minimum absolute atomic E-state index is 0.540. The molecular weight excluding hydrogens is 290 g/mol. The Hall–Kier alpha value is -1.18. The van der Waals surface area contributed by atoms with Crippen molar-refractivity contribution in [2.75, 3.05) is 37.3 Å². The lowest BCUT2D eigenvalue weighted by atomic mass is 10.2. The molecule has 2 aromatic rings. The van der Waals surface area contributed by atoms with Gasteiger partial charge in [0, 0.05) is 36.8 Å². The number of nitrogens with two attached hydrogens (primary N) is 1. The standard InChI is InChI=1S/C13H19N5S2/c1-8-7-19-12(15-8)10-11(14)16-20-13(10)18-5-4-17(3)9(2)6-18/h7,9H,4-6H2,1-3H3,(H2,14,16). The third kappa shape index (κ3) is 2.41. The smallest absolute Gasteiger partial charge is 0.149 e. The van der Waals surface area contributed by atoms with E-state index in [2.05, 4.69) is 38.5 Å². The van der Waals surface area contributed by atoms with Crippen molar-refractivity contribution in [2.45, 2.75) is 19.9 Å². The number of hydrogen-bond donors (Lipinski definition) is 1. The van der Waals surface area contributed by atoms with E-state index in [0.717, 1.165) is 40.9 Å². The summed E-state index contributed by atoms with van der Waals surface area (Å²) in [4.78, 5) is 9.35. The molecule has 1 fully saturated rings. The van der Waals surface area contributed by atoms with Crippen LogP contribution in [0.4, 0.5) is 10.8 Å². The van der Waals surface area contributed by atoms with Gasteiger partial charge in [0.05, 0.1) is 5.56 Å². The number of nitrogens with zero attached hydrogens (tertiary/aromatic N) is 4. The molecule has 5 nitrogen and oxygen atoms in total. The van der Waals surface area contributed by atoms with Gasteiger partial charge in [-0.05, 0) is 32.4 Å². The van der Waals surface area contributed by atoms with Gasteiger partial charge in [-0.3, -0.25) is 0 Å². The predicted molar refractivity (Wildman–Crippen MR) is 86.7 cm³/mol. The zero-order valence-electron chi connectivity index (χ0n) is 12.0. The SMILES string of the molecule is Cc1csc(-c2c(N)nsc2N2CCN(C)C(C)C2)n1. The minimum atomic E-state index is 0.540. The number of thiazole rings is 1. The molecule has 2 N–H and O–H groups in total. The summed E-state index contributed by atoms with van der Waals surface area (Å²) in [5.74, 6) is 0.603. The van der Waals surface area contributed by atoms with Crippen LogP contribution < -0.4 is 10.6 Å². The Morgan fingerprint density at radius 1 is 1.40 bits per heavy atom. The van der Waals surface area contributed by atoms with Gasteiger partial charge in [-0.15, -0.1) is 11.3 Å². The fourth-order valence-corrected chi connectivity index (χ4v) is 4.18. The number of piperazine rings is 1. The van der Waals surface area contributed by atoms with Gasteiger partial charge < -0.3 is 15.5 Å². The second-order valence-electron chi connectivity index (χ2n) is 5.32. The predicted octanol–water partition coefficient (Wildman–Crippen LogP) is 2.30. The van der Waals surface area contributed by atoms with Gasteiger partial charge in [0.25, 0.3) is 0 Å². The fraction of sp³-hybridized carbons (Fsp3) is 0.538. The molecule has 1 atom stereocenters. The molecule has 1 aliphatic rings. The molecule has 0 spiro atoms. The summed E-state index contributed by atoms with van der Waals surface area (Å²) >= 11 is 3.13. The highest BCUT2D eigenvalue weighted by Gasteiger charge is 2.26. The van der Waals surface area contributed by atoms with Crippen molar-refractivity contribution in [1.82, 2.24) is 14.3 Å². The Bertz CT molecular complexity index is 606. The van der Waals surface area contributed by atoms with Crippen LogP contribution in [-0.2, 0) is 0 Å². The Labute approximate surface area is 127 Å². The summed E-state index contributed by atoms with van der Waals surface area (Å²) in [5.41, 5.74) is 8.13. The van der Waals surface area contributed by atoms with Gasteiger partial charge in [0.2, 0.25) is 0 Å². The van der Waals surface area contributed by atoms with Crippen molar-refractivity contribution in [3.05, 3.63) is 11.1 Å². The first kappa shape index (κ1) is 13.8. The monoisotopic (exact) mass is 309 g/mol. The molecule has 1 aliphatic heterocycles. The zero-order chi connectivity index (χ0) is 14.3. The van der Waals surface area contributed by atoms with Crippen LogP contribution >= 0.6 is 22.9 Å². The summed E-state index contributed by atoms with van der Waals surface area (Å²) in [6, 6.07) is 0.540. The summed E-state index contributed by atoms with van der Waals surface area (Å²) in [6.07, 6.45) is 0. The molecule has 2 aromatic heterocycles. The topological polar surface area (TPSA) is 58.3 Å². The first-order valence-electron chi connectivity index (χ1n) is 6.69. The number of nitrogen functional groups attached to an aromatic ring is 1. The van der Waals surface area contributed by atoms with Gasteiger partial charge in [0.15, 0.2) is 0 Å². The number of aromatic nitrogens is 2. The van der Waals surface area contributed by atoms with Crippen molar-refractivity contribution >= 4 is 33.7 Å². The molecule has 3 heterocycles. The molecule has 0 radical (unpaired) electrons. The van der Waals surface area contributed by atoms with Gasteiger partial charge >= 0.3 is 0 Å². The van der Waals surface area contributed by atoms with E-state index in [9.17, 15) is 0 Å². The number of rotatable bonds is 2. The molecule has 20 heavy (non-hydrogen) atoms. The largest absolute Gasteiger partial charge is 0.382 e. The number of likely N-dealkylation sites (N-methyl/N-ethyl adjacent to an activating group) is 1. The Morgan fingerprint density at radius 2 is 2.20 bits per heavy atom. The highest BCUT2D eigenvalue weighted by atomic mass is 32.1. The van der Waals surface area contributed by atoms with Crippen LogP contribution in [0, 0.1) is 6.92 Å². The van der Waals surface area contributed by atoms with Crippen LogP contribution in [0.25, 0.3) is 10.6 Å². The van der Waals surface area contributed by atoms with Crippen LogP contribution in [0.1, 0.15) is 12.6 Å². The molecule has 0 aliphatic carbocycles. The molecule has 7 heteroatoms. The zero-order valence-corrected chi connectivity index (χ0v) is 13.6. The summed E-state index contributed by atoms with van der Waals surface area (Å²) in [7, 11) is 2.17. The lowest BCUT2D eigenvalue weighted by molar-refractivity contribution is 0.234. The average Bonchev–Trinajstić information content (AvgIpc) is 2.99. The number of hydrogen-bond acceptors (Lipinski definition) is 7. The second-order valence-corrected chi connectivity index (χ2v) is 6.93. The summed E-state index contributed by atoms with van der Waals surface area (Å²) < 4.78 is 4.35. The molecule has 3 rings (SSSR count). The number of anilines is 2. The van der Waals surface area contributed by atoms with Crippen molar-refractivity contribution in [3.63, 3.8) is 0 Å². The normalized spacial score (nSPS) is 20.6. The van der Waals surface area contributed by atoms with Gasteiger partial charge in [-0.1, -0.05) is 0 Å². The maximum absolute atomic E-state index is 6.08. The molecule has 108 valence electrons. The first-order chi connectivity index (χ1) is 9.56. The van der Waals surface area contributed by atoms with Gasteiger partial charge in [-0.2, -0.15) is 4.37 Å². The van der Waals surface area contributed by atoms with E-state index in [0.29, 0.717) is 11.9 Å². The van der Waals surface area contributed by atoms with Crippen LogP contribution in [0.15, 0.2) is 5.38 Å². The summed E-state index contributed by atoms with van der Waals surface area (Å²) in [5, 5.41) is 4.20. The number of aryl methyl sites for hydroxylation is 1. The van der Waals surface area contributed by atoms with E-state index < -0.39 is 0 Å². The Morgan fingerprint density at radius 3 is 2.85 bits per heavy atom. The second kappa shape index (κ2) is 5.31. The van der Waals surface area contributed by atoms with E-state index in [1.807, 2.05) is 6.92 Å². The highest BCUT2D eigenvalue weighted by Crippen LogP contribution is 2.41. The van der Waals surface area contributed by atoms with Crippen molar-refractivity contribution in [3.8, 4) is 10.6 Å². The summed E-state index contributed by atoms with van der Waals surface area (Å²) in [6.45, 7) is 7.35. The molecular formula is C13H19N5S2. The Kier molecular flexibility index (Phi) is 3.66. The van der Waals surface area contributed by atoms with Crippen molar-refractivity contribution in [1.29, 1.82) is 0 Å². The quantitative estimate of drug-likeness (QED) is 0.922. The highest BCUT2D eigenvalue weighted by molar-refractivity contribution is 7.15.